The molecule has 1 aliphatic carbocycles. The molecule has 1 aromatic carbocycles. The van der Waals surface area contributed by atoms with Crippen LogP contribution >= 0.6 is 0 Å². The highest BCUT2D eigenvalue weighted by molar-refractivity contribution is 5.80. The number of benzene rings is 1. The Morgan fingerprint density at radius 1 is 1.25 bits per heavy atom. The summed E-state index contributed by atoms with van der Waals surface area (Å²) >= 11 is 0. The lowest BCUT2D eigenvalue weighted by molar-refractivity contribution is -0.122. The highest BCUT2D eigenvalue weighted by Gasteiger charge is 2.29. The quantitative estimate of drug-likeness (QED) is 0.850. The third kappa shape index (κ3) is 3.38. The maximum atomic E-state index is 11.7. The fraction of sp³-hybridized carbons (Fsp3) is 0.562. The van der Waals surface area contributed by atoms with E-state index in [1.165, 1.54) is 11.1 Å². The van der Waals surface area contributed by atoms with Crippen LogP contribution in [0.2, 0.25) is 0 Å². The number of carbonyl (C=O) groups excluding carboxylic acids is 1. The van der Waals surface area contributed by atoms with Crippen LogP contribution in [0.3, 0.4) is 0 Å². The molecule has 1 heterocycles. The van der Waals surface area contributed by atoms with Crippen molar-refractivity contribution in [3.63, 3.8) is 0 Å². The zero-order chi connectivity index (χ0) is 13.9. The maximum Gasteiger partial charge on any atom is 0.223 e. The molecule has 108 valence electrons. The molecule has 0 aromatic heterocycles. The SMILES string of the molecule is O=C(NCc1ccccc1CN1CCC(O)C1)C1CC1. The molecular weight excluding hydrogens is 252 g/mol. The topological polar surface area (TPSA) is 52.6 Å². The molecule has 0 radical (unpaired) electrons. The van der Waals surface area contributed by atoms with Crippen molar-refractivity contribution in [1.29, 1.82) is 0 Å². The largest absolute Gasteiger partial charge is 0.392 e. The minimum absolute atomic E-state index is 0.184. The van der Waals surface area contributed by atoms with Crippen LogP contribution < -0.4 is 5.32 Å². The summed E-state index contributed by atoms with van der Waals surface area (Å²) in [7, 11) is 0. The van der Waals surface area contributed by atoms with E-state index in [4.69, 9.17) is 0 Å². The van der Waals surface area contributed by atoms with Gasteiger partial charge in [-0.25, -0.2) is 0 Å². The van der Waals surface area contributed by atoms with Crippen molar-refractivity contribution in [3.05, 3.63) is 35.4 Å². The van der Waals surface area contributed by atoms with Crippen LogP contribution in [-0.4, -0.2) is 35.1 Å². The van der Waals surface area contributed by atoms with Crippen LogP contribution in [0.25, 0.3) is 0 Å². The number of likely N-dealkylation sites (tertiary alicyclic amines) is 1. The van der Waals surface area contributed by atoms with Crippen LogP contribution in [0.1, 0.15) is 30.4 Å². The van der Waals surface area contributed by atoms with Gasteiger partial charge >= 0.3 is 0 Å². The van der Waals surface area contributed by atoms with Crippen molar-refractivity contribution >= 4 is 5.91 Å². The molecule has 1 saturated heterocycles. The second kappa shape index (κ2) is 5.94. The lowest BCUT2D eigenvalue weighted by Gasteiger charge is -2.18. The van der Waals surface area contributed by atoms with E-state index in [-0.39, 0.29) is 17.9 Å². The molecule has 0 spiro atoms. The van der Waals surface area contributed by atoms with Gasteiger partial charge in [0.2, 0.25) is 5.91 Å². The Balaban J connectivity index is 1.60. The summed E-state index contributed by atoms with van der Waals surface area (Å²) in [5.41, 5.74) is 2.43. The second-order valence-corrected chi connectivity index (χ2v) is 5.94. The van der Waals surface area contributed by atoms with Crippen LogP contribution in [0.4, 0.5) is 0 Å². The first-order valence-corrected chi connectivity index (χ1v) is 7.47. The van der Waals surface area contributed by atoms with Crippen LogP contribution in [0.5, 0.6) is 0 Å². The van der Waals surface area contributed by atoms with Gasteiger partial charge in [0.05, 0.1) is 6.10 Å². The highest BCUT2D eigenvalue weighted by Crippen LogP contribution is 2.28. The van der Waals surface area contributed by atoms with Gasteiger partial charge < -0.3 is 10.4 Å². The van der Waals surface area contributed by atoms with Crippen molar-refractivity contribution in [2.75, 3.05) is 13.1 Å². The van der Waals surface area contributed by atoms with E-state index in [2.05, 4.69) is 22.3 Å². The Hall–Kier alpha value is -1.39. The summed E-state index contributed by atoms with van der Waals surface area (Å²) in [6.07, 6.45) is 2.76. The van der Waals surface area contributed by atoms with Crippen LogP contribution in [0, 0.1) is 5.92 Å². The summed E-state index contributed by atoms with van der Waals surface area (Å²) in [5.74, 6) is 0.451. The van der Waals surface area contributed by atoms with Gasteiger partial charge in [-0.1, -0.05) is 24.3 Å². The molecule has 2 fully saturated rings. The number of rotatable bonds is 5. The molecule has 1 amide bonds. The fourth-order valence-electron chi connectivity index (χ4n) is 2.75. The van der Waals surface area contributed by atoms with E-state index in [0.29, 0.717) is 6.54 Å². The minimum Gasteiger partial charge on any atom is -0.392 e. The van der Waals surface area contributed by atoms with Crippen molar-refractivity contribution in [1.82, 2.24) is 10.2 Å². The molecular formula is C16H22N2O2. The molecule has 1 aliphatic heterocycles. The van der Waals surface area contributed by atoms with E-state index in [1.54, 1.807) is 0 Å². The van der Waals surface area contributed by atoms with Crippen LogP contribution in [0.15, 0.2) is 24.3 Å². The van der Waals surface area contributed by atoms with E-state index >= 15 is 0 Å². The van der Waals surface area contributed by atoms with E-state index in [0.717, 1.165) is 38.9 Å². The number of hydrogen-bond acceptors (Lipinski definition) is 3. The summed E-state index contributed by atoms with van der Waals surface area (Å²) in [6.45, 7) is 3.17. The molecule has 1 unspecified atom stereocenters. The van der Waals surface area contributed by atoms with E-state index < -0.39 is 0 Å². The third-order valence-electron chi connectivity index (χ3n) is 4.16. The number of aliphatic hydroxyl groups excluding tert-OH is 1. The molecule has 20 heavy (non-hydrogen) atoms. The molecule has 4 heteroatoms. The summed E-state index contributed by atoms with van der Waals surface area (Å²) < 4.78 is 0. The predicted molar refractivity (Wildman–Crippen MR) is 76.9 cm³/mol. The van der Waals surface area contributed by atoms with Crippen molar-refractivity contribution in [2.45, 2.75) is 38.5 Å². The zero-order valence-electron chi connectivity index (χ0n) is 11.7. The second-order valence-electron chi connectivity index (χ2n) is 5.94. The highest BCUT2D eigenvalue weighted by atomic mass is 16.3. The molecule has 1 saturated carbocycles. The maximum absolute atomic E-state index is 11.7. The third-order valence-corrected chi connectivity index (χ3v) is 4.16. The van der Waals surface area contributed by atoms with Gasteiger partial charge in [-0.05, 0) is 30.4 Å². The molecule has 0 bridgehead atoms. The minimum atomic E-state index is -0.184. The van der Waals surface area contributed by atoms with Gasteiger partial charge in [0, 0.05) is 32.1 Å². The van der Waals surface area contributed by atoms with Crippen molar-refractivity contribution < 1.29 is 9.90 Å². The molecule has 1 atom stereocenters. The normalized spacial score (nSPS) is 22.9. The van der Waals surface area contributed by atoms with E-state index in [1.807, 2.05) is 12.1 Å². The number of nitrogens with one attached hydrogen (secondary N) is 1. The number of β-amino-alcohol motifs (C(OH)–C–C–N with tert-alkyl or cyclic N) is 1. The Labute approximate surface area is 119 Å². The average molecular weight is 274 g/mol. The average Bonchev–Trinajstić information content (AvgIpc) is 3.22. The van der Waals surface area contributed by atoms with Gasteiger partial charge in [-0.2, -0.15) is 0 Å². The Morgan fingerprint density at radius 3 is 2.65 bits per heavy atom. The number of amides is 1. The van der Waals surface area contributed by atoms with E-state index in [9.17, 15) is 9.90 Å². The molecule has 4 nitrogen and oxygen atoms in total. The molecule has 2 aliphatic rings. The predicted octanol–water partition coefficient (Wildman–Crippen LogP) is 1.28. The molecule has 2 N–H and O–H groups in total. The van der Waals surface area contributed by atoms with Crippen molar-refractivity contribution in [2.24, 2.45) is 5.92 Å². The smallest absolute Gasteiger partial charge is 0.223 e. The Bertz CT molecular complexity index is 485. The van der Waals surface area contributed by atoms with Crippen LogP contribution in [-0.2, 0) is 17.9 Å². The lowest BCUT2D eigenvalue weighted by atomic mass is 10.1. The molecule has 3 rings (SSSR count). The van der Waals surface area contributed by atoms with Gasteiger partial charge in [0.1, 0.15) is 0 Å². The standard InChI is InChI=1S/C16H22N2O2/c19-15-7-8-18(11-15)10-14-4-2-1-3-13(14)9-17-16(20)12-5-6-12/h1-4,12,15,19H,5-11H2,(H,17,20). The van der Waals surface area contributed by atoms with Gasteiger partial charge in [0.15, 0.2) is 0 Å². The number of carbonyl (C=O) groups is 1. The first kappa shape index (κ1) is 13.6. The molecule has 1 aromatic rings. The number of aliphatic hydroxyl groups is 1. The summed E-state index contributed by atoms with van der Waals surface area (Å²) in [4.78, 5) is 14.0. The van der Waals surface area contributed by atoms with Gasteiger partial charge in [-0.3, -0.25) is 9.69 Å². The van der Waals surface area contributed by atoms with Gasteiger partial charge in [0.25, 0.3) is 0 Å². The summed E-state index contributed by atoms with van der Waals surface area (Å²) in [5, 5.41) is 12.6. The number of nitrogens with zero attached hydrogens (tertiary/aromatic N) is 1. The Morgan fingerprint density at radius 2 is 2.00 bits per heavy atom. The first-order valence-electron chi connectivity index (χ1n) is 7.47. The summed E-state index contributed by atoms with van der Waals surface area (Å²) in [6, 6.07) is 8.24. The first-order chi connectivity index (χ1) is 9.72. The monoisotopic (exact) mass is 274 g/mol. The van der Waals surface area contributed by atoms with Crippen molar-refractivity contribution in [3.8, 4) is 0 Å². The fourth-order valence-corrected chi connectivity index (χ4v) is 2.75. The number of hydrogen-bond donors (Lipinski definition) is 2. The lowest BCUT2D eigenvalue weighted by Crippen LogP contribution is -2.26. The Kier molecular flexibility index (Phi) is 4.03. The zero-order valence-corrected chi connectivity index (χ0v) is 11.7. The van der Waals surface area contributed by atoms with Gasteiger partial charge in [-0.15, -0.1) is 0 Å².